The van der Waals surface area contributed by atoms with Crippen molar-refractivity contribution in [3.63, 3.8) is 0 Å². The summed E-state index contributed by atoms with van der Waals surface area (Å²) in [4.78, 5) is 35.9. The van der Waals surface area contributed by atoms with Gasteiger partial charge >= 0.3 is 0 Å². The minimum Gasteiger partial charge on any atom is -0.508 e. The van der Waals surface area contributed by atoms with Gasteiger partial charge in [0.05, 0.1) is 11.1 Å². The smallest absolute Gasteiger partial charge is 0.200 e. The average molecular weight is 283 g/mol. The van der Waals surface area contributed by atoms with Crippen molar-refractivity contribution in [3.8, 4) is 11.5 Å². The molecule has 6 nitrogen and oxygen atoms in total. The van der Waals surface area contributed by atoms with E-state index in [9.17, 15) is 24.7 Å². The SMILES string of the molecule is Cc1cc(N=O)c2c(c1)C(=O)c1cc(O)cc(O)c1C2=O. The number of nitrogens with zero attached hydrogens (tertiary/aromatic N) is 1. The average Bonchev–Trinajstić information content (AvgIpc) is 2.42. The fourth-order valence-corrected chi connectivity index (χ4v) is 2.56. The molecule has 0 atom stereocenters. The van der Waals surface area contributed by atoms with Gasteiger partial charge in [-0.1, -0.05) is 0 Å². The second kappa shape index (κ2) is 4.24. The Morgan fingerprint density at radius 2 is 1.57 bits per heavy atom. The second-order valence-electron chi connectivity index (χ2n) is 4.84. The van der Waals surface area contributed by atoms with Gasteiger partial charge in [0.15, 0.2) is 5.78 Å². The van der Waals surface area contributed by atoms with Crippen molar-refractivity contribution in [2.75, 3.05) is 0 Å². The number of phenolic OH excluding ortho intramolecular Hbond substituents is 2. The van der Waals surface area contributed by atoms with E-state index in [-0.39, 0.29) is 33.7 Å². The molecule has 2 N–H and O–H groups in total. The van der Waals surface area contributed by atoms with E-state index in [4.69, 9.17) is 0 Å². The summed E-state index contributed by atoms with van der Waals surface area (Å²) in [5.41, 5.74) is 0.0893. The number of hydrogen-bond acceptors (Lipinski definition) is 6. The Morgan fingerprint density at radius 3 is 2.24 bits per heavy atom. The van der Waals surface area contributed by atoms with Gasteiger partial charge in [0.25, 0.3) is 0 Å². The highest BCUT2D eigenvalue weighted by molar-refractivity contribution is 6.31. The Bertz CT molecular complexity index is 838. The number of phenols is 2. The summed E-state index contributed by atoms with van der Waals surface area (Å²) in [6.07, 6.45) is 0. The van der Waals surface area contributed by atoms with Crippen LogP contribution in [-0.4, -0.2) is 21.8 Å². The first kappa shape index (κ1) is 13.0. The van der Waals surface area contributed by atoms with Crippen molar-refractivity contribution < 1.29 is 19.8 Å². The number of ketones is 2. The van der Waals surface area contributed by atoms with E-state index < -0.39 is 17.3 Å². The molecule has 0 heterocycles. The molecule has 1 aliphatic rings. The highest BCUT2D eigenvalue weighted by Gasteiger charge is 2.35. The Balaban J connectivity index is 2.41. The van der Waals surface area contributed by atoms with E-state index in [1.54, 1.807) is 6.92 Å². The predicted molar refractivity (Wildman–Crippen MR) is 73.3 cm³/mol. The molecule has 2 aromatic rings. The van der Waals surface area contributed by atoms with Crippen LogP contribution in [0.5, 0.6) is 11.5 Å². The number of rotatable bonds is 1. The largest absolute Gasteiger partial charge is 0.508 e. The molecule has 104 valence electrons. The van der Waals surface area contributed by atoms with Gasteiger partial charge in [-0.25, -0.2) is 0 Å². The van der Waals surface area contributed by atoms with Gasteiger partial charge in [0, 0.05) is 17.2 Å². The molecule has 0 unspecified atom stereocenters. The molecule has 3 rings (SSSR count). The van der Waals surface area contributed by atoms with Gasteiger partial charge in [-0.3, -0.25) is 9.59 Å². The molecule has 21 heavy (non-hydrogen) atoms. The lowest BCUT2D eigenvalue weighted by Gasteiger charge is -2.19. The first-order chi connectivity index (χ1) is 9.93. The fourth-order valence-electron chi connectivity index (χ4n) is 2.56. The second-order valence-corrected chi connectivity index (χ2v) is 4.84. The van der Waals surface area contributed by atoms with Crippen LogP contribution in [0.1, 0.15) is 37.4 Å². The molecule has 2 aromatic carbocycles. The zero-order valence-electron chi connectivity index (χ0n) is 10.9. The molecule has 0 amide bonds. The zero-order valence-corrected chi connectivity index (χ0v) is 10.9. The number of fused-ring (bicyclic) bond motifs is 2. The van der Waals surface area contributed by atoms with Crippen LogP contribution in [0.25, 0.3) is 0 Å². The van der Waals surface area contributed by atoms with E-state index in [1.807, 2.05) is 0 Å². The topological polar surface area (TPSA) is 104 Å². The normalized spacial score (nSPS) is 12.8. The van der Waals surface area contributed by atoms with E-state index in [2.05, 4.69) is 5.18 Å². The Kier molecular flexibility index (Phi) is 2.62. The summed E-state index contributed by atoms with van der Waals surface area (Å²) in [6.45, 7) is 1.67. The predicted octanol–water partition coefficient (Wildman–Crippen LogP) is 2.58. The standard InChI is InChI=1S/C15H9NO5/c1-6-2-8-12(10(3-6)16-21)15(20)13-9(14(8)19)4-7(17)5-11(13)18/h2-5,17-18H,1H3. The summed E-state index contributed by atoms with van der Waals surface area (Å²) < 4.78 is 0. The van der Waals surface area contributed by atoms with E-state index >= 15 is 0 Å². The van der Waals surface area contributed by atoms with E-state index in [1.165, 1.54) is 12.1 Å². The van der Waals surface area contributed by atoms with Crippen LogP contribution < -0.4 is 0 Å². The Morgan fingerprint density at radius 1 is 0.905 bits per heavy atom. The number of carbonyl (C=O) groups excluding carboxylic acids is 2. The first-order valence-electron chi connectivity index (χ1n) is 6.07. The molecule has 0 aromatic heterocycles. The van der Waals surface area contributed by atoms with Crippen molar-refractivity contribution in [1.82, 2.24) is 0 Å². The van der Waals surface area contributed by atoms with E-state index in [0.717, 1.165) is 12.1 Å². The monoisotopic (exact) mass is 283 g/mol. The summed E-state index contributed by atoms with van der Waals surface area (Å²) in [6, 6.07) is 4.97. The maximum atomic E-state index is 12.5. The quantitative estimate of drug-likeness (QED) is 0.668. The molecule has 0 spiro atoms. The van der Waals surface area contributed by atoms with Crippen molar-refractivity contribution in [2.24, 2.45) is 5.18 Å². The van der Waals surface area contributed by atoms with Gasteiger partial charge < -0.3 is 10.2 Å². The Hall–Kier alpha value is -3.02. The number of aromatic hydroxyl groups is 2. The Labute approximate surface area is 118 Å². The lowest BCUT2D eigenvalue weighted by atomic mass is 9.82. The minimum atomic E-state index is -0.660. The van der Waals surface area contributed by atoms with Crippen molar-refractivity contribution >= 4 is 17.3 Å². The number of hydrogen-bond donors (Lipinski definition) is 2. The highest BCUT2D eigenvalue weighted by Crippen LogP contribution is 2.39. The molecule has 0 saturated carbocycles. The van der Waals surface area contributed by atoms with Gasteiger partial charge in [-0.15, -0.1) is 4.91 Å². The fraction of sp³-hybridized carbons (Fsp3) is 0.0667. The first-order valence-corrected chi connectivity index (χ1v) is 6.07. The molecule has 6 heteroatoms. The van der Waals surface area contributed by atoms with Gasteiger partial charge in [-0.05, 0) is 35.9 Å². The zero-order chi connectivity index (χ0) is 15.3. The summed E-state index contributed by atoms with van der Waals surface area (Å²) >= 11 is 0. The molecule has 0 saturated heterocycles. The summed E-state index contributed by atoms with van der Waals surface area (Å²) in [5, 5.41) is 22.1. The molecule has 0 radical (unpaired) electrons. The number of carbonyl (C=O) groups is 2. The number of nitroso groups, excluding NO2 is 1. The van der Waals surface area contributed by atoms with Crippen LogP contribution in [0, 0.1) is 11.8 Å². The molecular weight excluding hydrogens is 274 g/mol. The number of aryl methyl sites for hydroxylation is 1. The molecule has 0 bridgehead atoms. The van der Waals surface area contributed by atoms with Gasteiger partial charge in [0.2, 0.25) is 5.78 Å². The third-order valence-corrected chi connectivity index (χ3v) is 3.41. The summed E-state index contributed by atoms with van der Waals surface area (Å²) in [5.74, 6) is -2.03. The van der Waals surface area contributed by atoms with Crippen molar-refractivity contribution in [3.05, 3.63) is 57.0 Å². The van der Waals surface area contributed by atoms with Crippen LogP contribution >= 0.6 is 0 Å². The molecular formula is C15H9NO5. The van der Waals surface area contributed by atoms with Crippen LogP contribution in [0.2, 0.25) is 0 Å². The van der Waals surface area contributed by atoms with Crippen LogP contribution in [0.4, 0.5) is 5.69 Å². The third kappa shape index (κ3) is 1.73. The lowest BCUT2D eigenvalue weighted by molar-refractivity contribution is 0.0977. The minimum absolute atomic E-state index is 0.0482. The van der Waals surface area contributed by atoms with Crippen molar-refractivity contribution in [2.45, 2.75) is 6.92 Å². The molecule has 0 aliphatic heterocycles. The van der Waals surface area contributed by atoms with Crippen LogP contribution in [0.3, 0.4) is 0 Å². The molecule has 0 fully saturated rings. The maximum Gasteiger partial charge on any atom is 0.200 e. The van der Waals surface area contributed by atoms with Crippen LogP contribution in [-0.2, 0) is 0 Å². The van der Waals surface area contributed by atoms with Crippen molar-refractivity contribution in [1.29, 1.82) is 0 Å². The van der Waals surface area contributed by atoms with E-state index in [0.29, 0.717) is 5.56 Å². The van der Waals surface area contributed by atoms with Gasteiger partial charge in [-0.2, -0.15) is 0 Å². The van der Waals surface area contributed by atoms with Gasteiger partial charge in [0.1, 0.15) is 17.2 Å². The third-order valence-electron chi connectivity index (χ3n) is 3.41. The van der Waals surface area contributed by atoms with Crippen LogP contribution in [0.15, 0.2) is 29.4 Å². The highest BCUT2D eigenvalue weighted by atomic mass is 16.3. The summed E-state index contributed by atoms with van der Waals surface area (Å²) in [7, 11) is 0. The number of benzene rings is 2. The lowest BCUT2D eigenvalue weighted by Crippen LogP contribution is -2.21. The molecule has 1 aliphatic carbocycles. The maximum absolute atomic E-state index is 12.5.